The number of imide groups is 1. The number of amides is 2. The van der Waals surface area contributed by atoms with Gasteiger partial charge in [-0.1, -0.05) is 38.1 Å². The van der Waals surface area contributed by atoms with E-state index in [9.17, 15) is 9.59 Å². The van der Waals surface area contributed by atoms with Crippen LogP contribution in [-0.2, 0) is 14.3 Å². The number of methoxy groups -OCH3 is 1. The number of carbonyl (C=O) groups is 2. The van der Waals surface area contributed by atoms with Crippen molar-refractivity contribution in [3.63, 3.8) is 0 Å². The molecule has 0 aliphatic carbocycles. The minimum absolute atomic E-state index is 0.0512. The molecule has 0 bridgehead atoms. The molecule has 0 aromatic heterocycles. The van der Waals surface area contributed by atoms with Crippen LogP contribution in [-0.4, -0.2) is 43.1 Å². The lowest BCUT2D eigenvalue weighted by molar-refractivity contribution is -0.137. The van der Waals surface area contributed by atoms with Gasteiger partial charge in [0.1, 0.15) is 11.4 Å². The molecule has 1 aliphatic heterocycles. The second-order valence-electron chi connectivity index (χ2n) is 8.10. The predicted octanol–water partition coefficient (Wildman–Crippen LogP) is 4.44. The Bertz CT molecular complexity index is 960. The van der Waals surface area contributed by atoms with E-state index in [-0.39, 0.29) is 36.8 Å². The van der Waals surface area contributed by atoms with Crippen LogP contribution in [0.2, 0.25) is 0 Å². The monoisotopic (exact) mass is 422 g/mol. The zero-order valence-corrected chi connectivity index (χ0v) is 18.8. The van der Waals surface area contributed by atoms with Crippen LogP contribution in [0, 0.1) is 0 Å². The van der Waals surface area contributed by atoms with E-state index >= 15 is 0 Å². The average Bonchev–Trinajstić information content (AvgIpc) is 2.96. The number of nitrogens with zero attached hydrogens (tertiary/aromatic N) is 1. The van der Waals surface area contributed by atoms with Gasteiger partial charge in [-0.3, -0.25) is 14.5 Å². The van der Waals surface area contributed by atoms with Gasteiger partial charge in [-0.2, -0.15) is 0 Å². The smallest absolute Gasteiger partial charge is 0.278 e. The Morgan fingerprint density at radius 1 is 0.903 bits per heavy atom. The summed E-state index contributed by atoms with van der Waals surface area (Å²) in [6.07, 6.45) is 0.0512. The maximum absolute atomic E-state index is 13.1. The SMILES string of the molecule is COCCN1C(=O)C(Nc2ccc(C(C)C)cc2)=C(c2ccc(OC(C)C)cc2)C1=O. The molecule has 0 saturated heterocycles. The highest BCUT2D eigenvalue weighted by Crippen LogP contribution is 2.31. The lowest BCUT2D eigenvalue weighted by Gasteiger charge is -2.14. The van der Waals surface area contributed by atoms with Gasteiger partial charge in [0.25, 0.3) is 11.8 Å². The molecule has 1 aliphatic rings. The van der Waals surface area contributed by atoms with E-state index in [4.69, 9.17) is 9.47 Å². The zero-order chi connectivity index (χ0) is 22.5. The molecule has 164 valence electrons. The number of anilines is 1. The maximum atomic E-state index is 13.1. The van der Waals surface area contributed by atoms with Crippen molar-refractivity contribution in [2.75, 3.05) is 25.6 Å². The van der Waals surface area contributed by atoms with Crippen LogP contribution in [0.15, 0.2) is 54.2 Å². The summed E-state index contributed by atoms with van der Waals surface area (Å²) in [5, 5.41) is 3.18. The van der Waals surface area contributed by atoms with Gasteiger partial charge in [-0.15, -0.1) is 0 Å². The van der Waals surface area contributed by atoms with Crippen LogP contribution >= 0.6 is 0 Å². The fraction of sp³-hybridized carbons (Fsp3) is 0.360. The van der Waals surface area contributed by atoms with Gasteiger partial charge in [0, 0.05) is 12.8 Å². The van der Waals surface area contributed by atoms with Crippen molar-refractivity contribution in [2.24, 2.45) is 0 Å². The quantitative estimate of drug-likeness (QED) is 0.605. The summed E-state index contributed by atoms with van der Waals surface area (Å²) in [6, 6.07) is 15.1. The molecule has 31 heavy (non-hydrogen) atoms. The third-order valence-electron chi connectivity index (χ3n) is 5.05. The summed E-state index contributed by atoms with van der Waals surface area (Å²) < 4.78 is 10.8. The number of benzene rings is 2. The van der Waals surface area contributed by atoms with E-state index in [1.807, 2.05) is 62.4 Å². The van der Waals surface area contributed by atoms with Crippen LogP contribution in [0.25, 0.3) is 5.57 Å². The Kier molecular flexibility index (Phi) is 7.13. The Morgan fingerprint density at radius 3 is 2.10 bits per heavy atom. The number of ether oxygens (including phenoxy) is 2. The molecule has 0 unspecified atom stereocenters. The highest BCUT2D eigenvalue weighted by Gasteiger charge is 2.39. The molecule has 1 heterocycles. The van der Waals surface area contributed by atoms with Gasteiger partial charge in [-0.05, 0) is 55.2 Å². The van der Waals surface area contributed by atoms with Gasteiger partial charge in [0.15, 0.2) is 0 Å². The van der Waals surface area contributed by atoms with Crippen molar-refractivity contribution >= 4 is 23.1 Å². The van der Waals surface area contributed by atoms with Crippen LogP contribution in [0.4, 0.5) is 5.69 Å². The number of nitrogens with one attached hydrogen (secondary N) is 1. The van der Waals surface area contributed by atoms with E-state index in [2.05, 4.69) is 19.2 Å². The lowest BCUT2D eigenvalue weighted by Crippen LogP contribution is -2.35. The second-order valence-corrected chi connectivity index (χ2v) is 8.10. The van der Waals surface area contributed by atoms with Crippen molar-refractivity contribution in [1.29, 1.82) is 0 Å². The molecule has 2 aromatic rings. The second kappa shape index (κ2) is 9.79. The first-order chi connectivity index (χ1) is 14.8. The largest absolute Gasteiger partial charge is 0.491 e. The summed E-state index contributed by atoms with van der Waals surface area (Å²) in [5.74, 6) is 0.439. The van der Waals surface area contributed by atoms with E-state index in [0.717, 1.165) is 5.69 Å². The van der Waals surface area contributed by atoms with Crippen molar-refractivity contribution in [1.82, 2.24) is 4.90 Å². The summed E-state index contributed by atoms with van der Waals surface area (Å²) in [6.45, 7) is 8.64. The van der Waals surface area contributed by atoms with Crippen LogP contribution in [0.5, 0.6) is 5.75 Å². The zero-order valence-electron chi connectivity index (χ0n) is 18.8. The lowest BCUT2D eigenvalue weighted by atomic mass is 10.0. The molecule has 0 atom stereocenters. The fourth-order valence-electron chi connectivity index (χ4n) is 3.41. The Labute approximate surface area is 183 Å². The highest BCUT2D eigenvalue weighted by atomic mass is 16.5. The molecular weight excluding hydrogens is 392 g/mol. The Balaban J connectivity index is 1.96. The molecular formula is C25H30N2O4. The molecule has 0 fully saturated rings. The molecule has 3 rings (SSSR count). The van der Waals surface area contributed by atoms with E-state index in [1.54, 1.807) is 7.11 Å². The first kappa shape index (κ1) is 22.6. The first-order valence-electron chi connectivity index (χ1n) is 10.5. The number of carbonyl (C=O) groups excluding carboxylic acids is 2. The molecule has 2 amide bonds. The predicted molar refractivity (Wildman–Crippen MR) is 122 cm³/mol. The fourth-order valence-corrected chi connectivity index (χ4v) is 3.41. The molecule has 6 heteroatoms. The van der Waals surface area contributed by atoms with Crippen molar-refractivity contribution in [3.8, 4) is 5.75 Å². The number of rotatable bonds is 9. The first-order valence-corrected chi connectivity index (χ1v) is 10.5. The summed E-state index contributed by atoms with van der Waals surface area (Å²) in [4.78, 5) is 27.5. The molecule has 6 nitrogen and oxygen atoms in total. The molecule has 1 N–H and O–H groups in total. The normalized spacial score (nSPS) is 14.2. The van der Waals surface area contributed by atoms with E-state index in [1.165, 1.54) is 10.5 Å². The topological polar surface area (TPSA) is 67.9 Å². The number of hydrogen-bond acceptors (Lipinski definition) is 5. The Hall–Kier alpha value is -3.12. The van der Waals surface area contributed by atoms with Crippen molar-refractivity contribution in [3.05, 3.63) is 65.4 Å². The van der Waals surface area contributed by atoms with Crippen molar-refractivity contribution in [2.45, 2.75) is 39.7 Å². The van der Waals surface area contributed by atoms with E-state index in [0.29, 0.717) is 22.8 Å². The van der Waals surface area contributed by atoms with Crippen LogP contribution < -0.4 is 10.1 Å². The third-order valence-corrected chi connectivity index (χ3v) is 5.05. The summed E-state index contributed by atoms with van der Waals surface area (Å²) >= 11 is 0. The number of hydrogen-bond donors (Lipinski definition) is 1. The average molecular weight is 423 g/mol. The molecule has 2 aromatic carbocycles. The standard InChI is InChI=1S/C25H30N2O4/c1-16(2)18-6-10-20(11-7-18)26-23-22(24(28)27(25(23)29)14-15-30-5)19-8-12-21(13-9-19)31-17(3)4/h6-13,16-17,26H,14-15H2,1-5H3. The molecule has 0 radical (unpaired) electrons. The van der Waals surface area contributed by atoms with Gasteiger partial charge >= 0.3 is 0 Å². The maximum Gasteiger partial charge on any atom is 0.278 e. The summed E-state index contributed by atoms with van der Waals surface area (Å²) in [7, 11) is 1.54. The van der Waals surface area contributed by atoms with Gasteiger partial charge < -0.3 is 14.8 Å². The molecule has 0 saturated carbocycles. The van der Waals surface area contributed by atoms with E-state index < -0.39 is 0 Å². The third kappa shape index (κ3) is 5.14. The summed E-state index contributed by atoms with van der Waals surface area (Å²) in [5.41, 5.74) is 3.25. The minimum Gasteiger partial charge on any atom is -0.491 e. The Morgan fingerprint density at radius 2 is 1.55 bits per heavy atom. The van der Waals surface area contributed by atoms with Gasteiger partial charge in [0.2, 0.25) is 0 Å². The highest BCUT2D eigenvalue weighted by molar-refractivity contribution is 6.36. The van der Waals surface area contributed by atoms with Crippen LogP contribution in [0.1, 0.15) is 44.7 Å². The van der Waals surface area contributed by atoms with Gasteiger partial charge in [-0.25, -0.2) is 0 Å². The van der Waals surface area contributed by atoms with Gasteiger partial charge in [0.05, 0.1) is 24.8 Å². The molecule has 0 spiro atoms. The minimum atomic E-state index is -0.354. The van der Waals surface area contributed by atoms with Crippen LogP contribution in [0.3, 0.4) is 0 Å². The van der Waals surface area contributed by atoms with Crippen molar-refractivity contribution < 1.29 is 19.1 Å².